The van der Waals surface area contributed by atoms with E-state index in [0.29, 0.717) is 5.15 Å². The van der Waals surface area contributed by atoms with Crippen LogP contribution < -0.4 is 16.4 Å². The van der Waals surface area contributed by atoms with Gasteiger partial charge in [-0.05, 0) is 24.4 Å². The van der Waals surface area contributed by atoms with E-state index in [0.717, 1.165) is 34.0 Å². The summed E-state index contributed by atoms with van der Waals surface area (Å²) in [6.07, 6.45) is 0. The zero-order valence-corrected chi connectivity index (χ0v) is 14.5. The van der Waals surface area contributed by atoms with Crippen LogP contribution in [-0.4, -0.2) is 17.6 Å². The van der Waals surface area contributed by atoms with Crippen LogP contribution in [0.5, 0.6) is 0 Å². The van der Waals surface area contributed by atoms with Crippen LogP contribution in [0.4, 0.5) is 10.7 Å². The summed E-state index contributed by atoms with van der Waals surface area (Å²) in [5.74, 6) is 0. The molecular weight excluding hydrogens is 336 g/mol. The lowest BCUT2D eigenvalue weighted by atomic mass is 10.3. The zero-order valence-electron chi connectivity index (χ0n) is 12.1. The molecule has 3 rings (SSSR count). The summed E-state index contributed by atoms with van der Waals surface area (Å²) in [5.41, 5.74) is 7.70. The highest BCUT2D eigenvalue weighted by Crippen LogP contribution is 2.36. The second-order valence-electron chi connectivity index (χ2n) is 5.11. The van der Waals surface area contributed by atoms with Gasteiger partial charge in [-0.2, -0.15) is 0 Å². The highest BCUT2D eigenvalue weighted by molar-refractivity contribution is 7.23. The SMILES string of the molecule is C[C@@H](N)CNc1cc2nc(Cl)cc(NCc3cccs3)c2s1. The second kappa shape index (κ2) is 6.83. The highest BCUT2D eigenvalue weighted by Gasteiger charge is 2.10. The predicted molar refractivity (Wildman–Crippen MR) is 98.4 cm³/mol. The van der Waals surface area contributed by atoms with Crippen molar-refractivity contribution in [3.8, 4) is 0 Å². The van der Waals surface area contributed by atoms with E-state index in [2.05, 4.69) is 33.1 Å². The number of rotatable bonds is 6. The van der Waals surface area contributed by atoms with Crippen LogP contribution in [0.3, 0.4) is 0 Å². The number of fused-ring (bicyclic) bond motifs is 1. The standard InChI is InChI=1S/C15H17ClN4S2/c1-9(17)7-19-14-6-12-15(22-14)11(5-13(16)20-12)18-8-10-3-2-4-21-10/h2-6,9,19H,7-8,17H2,1H3,(H,18,20)/t9-/m1/s1. The smallest absolute Gasteiger partial charge is 0.131 e. The van der Waals surface area contributed by atoms with E-state index in [9.17, 15) is 0 Å². The molecule has 7 heteroatoms. The summed E-state index contributed by atoms with van der Waals surface area (Å²) >= 11 is 9.54. The fraction of sp³-hybridized carbons (Fsp3) is 0.267. The first-order valence-corrected chi connectivity index (χ1v) is 9.05. The molecule has 0 saturated carbocycles. The van der Waals surface area contributed by atoms with Gasteiger partial charge in [0.1, 0.15) is 5.15 Å². The van der Waals surface area contributed by atoms with Gasteiger partial charge in [0.2, 0.25) is 0 Å². The quantitative estimate of drug-likeness (QED) is 0.576. The van der Waals surface area contributed by atoms with E-state index in [1.54, 1.807) is 22.7 Å². The van der Waals surface area contributed by atoms with Crippen LogP contribution in [0.1, 0.15) is 11.8 Å². The van der Waals surface area contributed by atoms with Gasteiger partial charge in [-0.15, -0.1) is 22.7 Å². The third kappa shape index (κ3) is 3.70. The van der Waals surface area contributed by atoms with Gasteiger partial charge in [-0.25, -0.2) is 4.98 Å². The van der Waals surface area contributed by atoms with Crippen LogP contribution in [0, 0.1) is 0 Å². The number of nitrogens with zero attached hydrogens (tertiary/aromatic N) is 1. The molecule has 1 atom stereocenters. The van der Waals surface area contributed by atoms with Gasteiger partial charge in [0.05, 0.1) is 20.9 Å². The molecule has 0 aliphatic heterocycles. The third-order valence-corrected chi connectivity index (χ3v) is 5.26. The fourth-order valence-corrected chi connectivity index (χ4v) is 3.91. The summed E-state index contributed by atoms with van der Waals surface area (Å²) in [4.78, 5) is 5.68. The number of pyridine rings is 1. The molecule has 0 aliphatic carbocycles. The summed E-state index contributed by atoms with van der Waals surface area (Å²) < 4.78 is 1.10. The molecular formula is C15H17ClN4S2. The molecule has 3 heterocycles. The first-order chi connectivity index (χ1) is 10.6. The first-order valence-electron chi connectivity index (χ1n) is 6.97. The topological polar surface area (TPSA) is 63.0 Å². The molecule has 0 unspecified atom stereocenters. The number of halogens is 1. The number of nitrogens with two attached hydrogens (primary N) is 1. The number of thiophene rings is 2. The Kier molecular flexibility index (Phi) is 4.83. The average Bonchev–Trinajstić information content (AvgIpc) is 3.11. The van der Waals surface area contributed by atoms with Crippen LogP contribution in [-0.2, 0) is 6.54 Å². The summed E-state index contributed by atoms with van der Waals surface area (Å²) in [5, 5.41) is 10.4. The molecule has 0 saturated heterocycles. The maximum Gasteiger partial charge on any atom is 0.131 e. The minimum atomic E-state index is 0.109. The molecule has 0 amide bonds. The number of anilines is 2. The largest absolute Gasteiger partial charge is 0.379 e. The number of aromatic nitrogens is 1. The monoisotopic (exact) mass is 352 g/mol. The van der Waals surface area contributed by atoms with Crippen molar-refractivity contribution in [1.82, 2.24) is 4.98 Å². The molecule has 0 aromatic carbocycles. The highest BCUT2D eigenvalue weighted by atomic mass is 35.5. The molecule has 116 valence electrons. The van der Waals surface area contributed by atoms with Crippen molar-refractivity contribution in [1.29, 1.82) is 0 Å². The van der Waals surface area contributed by atoms with E-state index in [-0.39, 0.29) is 6.04 Å². The van der Waals surface area contributed by atoms with Crippen molar-refractivity contribution in [2.24, 2.45) is 5.73 Å². The molecule has 22 heavy (non-hydrogen) atoms. The van der Waals surface area contributed by atoms with Crippen molar-refractivity contribution >= 4 is 55.2 Å². The van der Waals surface area contributed by atoms with Gasteiger partial charge in [0.25, 0.3) is 0 Å². The van der Waals surface area contributed by atoms with E-state index in [1.165, 1.54) is 4.88 Å². The average molecular weight is 353 g/mol. The number of hydrogen-bond donors (Lipinski definition) is 3. The van der Waals surface area contributed by atoms with Gasteiger partial charge in [0, 0.05) is 30.1 Å². The maximum atomic E-state index is 6.14. The minimum Gasteiger partial charge on any atom is -0.379 e. The summed E-state index contributed by atoms with van der Waals surface area (Å²) in [6, 6.07) is 8.17. The van der Waals surface area contributed by atoms with Gasteiger partial charge >= 0.3 is 0 Å². The van der Waals surface area contributed by atoms with E-state index in [1.807, 2.05) is 19.1 Å². The molecule has 4 nitrogen and oxygen atoms in total. The molecule has 3 aromatic heterocycles. The second-order valence-corrected chi connectivity index (χ2v) is 7.58. The molecule has 3 aromatic rings. The summed E-state index contributed by atoms with van der Waals surface area (Å²) in [7, 11) is 0. The lowest BCUT2D eigenvalue weighted by Crippen LogP contribution is -2.24. The minimum absolute atomic E-state index is 0.109. The van der Waals surface area contributed by atoms with Crippen molar-refractivity contribution in [3.05, 3.63) is 39.7 Å². The Bertz CT molecular complexity index is 752. The van der Waals surface area contributed by atoms with Crippen molar-refractivity contribution in [2.45, 2.75) is 19.5 Å². The first kappa shape index (κ1) is 15.6. The Morgan fingerprint density at radius 1 is 1.36 bits per heavy atom. The normalized spacial score (nSPS) is 12.5. The molecule has 0 spiro atoms. The maximum absolute atomic E-state index is 6.14. The van der Waals surface area contributed by atoms with Crippen LogP contribution in [0.15, 0.2) is 29.6 Å². The Labute approximate surface area is 142 Å². The fourth-order valence-electron chi connectivity index (χ4n) is 2.06. The number of hydrogen-bond acceptors (Lipinski definition) is 6. The van der Waals surface area contributed by atoms with E-state index < -0.39 is 0 Å². The molecule has 4 N–H and O–H groups in total. The Balaban J connectivity index is 1.84. The third-order valence-electron chi connectivity index (χ3n) is 3.08. The molecule has 0 bridgehead atoms. The van der Waals surface area contributed by atoms with Gasteiger partial charge < -0.3 is 16.4 Å². The van der Waals surface area contributed by atoms with Crippen molar-refractivity contribution in [2.75, 3.05) is 17.2 Å². The van der Waals surface area contributed by atoms with Crippen molar-refractivity contribution < 1.29 is 0 Å². The number of nitrogens with one attached hydrogen (secondary N) is 2. The van der Waals surface area contributed by atoms with E-state index >= 15 is 0 Å². The Hall–Kier alpha value is -1.34. The van der Waals surface area contributed by atoms with Gasteiger partial charge in [-0.3, -0.25) is 0 Å². The van der Waals surface area contributed by atoms with Gasteiger partial charge in [-0.1, -0.05) is 17.7 Å². The van der Waals surface area contributed by atoms with Crippen LogP contribution in [0.2, 0.25) is 5.15 Å². The van der Waals surface area contributed by atoms with Gasteiger partial charge in [0.15, 0.2) is 0 Å². The van der Waals surface area contributed by atoms with Crippen LogP contribution >= 0.6 is 34.3 Å². The Morgan fingerprint density at radius 3 is 2.95 bits per heavy atom. The van der Waals surface area contributed by atoms with E-state index in [4.69, 9.17) is 17.3 Å². The molecule has 0 radical (unpaired) electrons. The molecule has 0 fully saturated rings. The van der Waals surface area contributed by atoms with Crippen molar-refractivity contribution in [3.63, 3.8) is 0 Å². The predicted octanol–water partition coefficient (Wildman–Crippen LogP) is 4.38. The lowest BCUT2D eigenvalue weighted by Gasteiger charge is -2.07. The lowest BCUT2D eigenvalue weighted by molar-refractivity contribution is 0.781. The van der Waals surface area contributed by atoms with Crippen LogP contribution in [0.25, 0.3) is 10.2 Å². The molecule has 0 aliphatic rings. The Morgan fingerprint density at radius 2 is 2.23 bits per heavy atom. The zero-order chi connectivity index (χ0) is 15.5. The summed E-state index contributed by atoms with van der Waals surface area (Å²) in [6.45, 7) is 3.50.